The first kappa shape index (κ1) is 16.8. The predicted octanol–water partition coefficient (Wildman–Crippen LogP) is 1.94. The molecule has 0 aromatic heterocycles. The molecule has 0 bridgehead atoms. The Morgan fingerprint density at radius 2 is 1.76 bits per heavy atom. The van der Waals surface area contributed by atoms with Gasteiger partial charge in [-0.05, 0) is 40.0 Å². The Balaban J connectivity index is 3.29. The van der Waals surface area contributed by atoms with Crippen LogP contribution in [0.5, 0.6) is 0 Å². The Hall–Kier alpha value is -0.160. The zero-order chi connectivity index (χ0) is 13.1. The van der Waals surface area contributed by atoms with E-state index in [1.807, 2.05) is 0 Å². The van der Waals surface area contributed by atoms with Gasteiger partial charge < -0.3 is 0 Å². The van der Waals surface area contributed by atoms with E-state index in [1.165, 1.54) is 19.3 Å². The van der Waals surface area contributed by atoms with E-state index in [1.54, 1.807) is 0 Å². The summed E-state index contributed by atoms with van der Waals surface area (Å²) >= 11 is 0. The van der Waals surface area contributed by atoms with Gasteiger partial charge in [-0.25, -0.2) is 0 Å². The fourth-order valence-corrected chi connectivity index (χ4v) is 1.40. The topological polar surface area (TPSA) is 48.1 Å². The minimum atomic E-state index is 0.194. The van der Waals surface area contributed by atoms with E-state index in [0.717, 1.165) is 19.5 Å². The van der Waals surface area contributed by atoms with Crippen LogP contribution in [0.2, 0.25) is 0 Å². The lowest BCUT2D eigenvalue weighted by Crippen LogP contribution is -2.48. The average Bonchev–Trinajstić information content (AvgIpc) is 2.31. The van der Waals surface area contributed by atoms with Crippen LogP contribution < -0.4 is 21.7 Å². The van der Waals surface area contributed by atoms with Gasteiger partial charge in [-0.3, -0.25) is 21.7 Å². The highest BCUT2D eigenvalue weighted by atomic mass is 15.4. The van der Waals surface area contributed by atoms with Crippen molar-refractivity contribution in [2.45, 2.75) is 71.9 Å². The van der Waals surface area contributed by atoms with E-state index in [-0.39, 0.29) is 5.54 Å². The number of hydrogen-bond acceptors (Lipinski definition) is 4. The second-order valence-corrected chi connectivity index (χ2v) is 5.36. The molecule has 1 unspecified atom stereocenters. The van der Waals surface area contributed by atoms with E-state index < -0.39 is 0 Å². The number of unbranched alkanes of at least 4 members (excludes halogenated alkanes) is 1. The first-order valence-corrected chi connectivity index (χ1v) is 7.00. The summed E-state index contributed by atoms with van der Waals surface area (Å²) in [7, 11) is 0. The molecular weight excluding hydrogens is 212 g/mol. The number of hydrazine groups is 2. The Morgan fingerprint density at radius 3 is 2.35 bits per heavy atom. The zero-order valence-electron chi connectivity index (χ0n) is 12.3. The van der Waals surface area contributed by atoms with Crippen LogP contribution in [-0.2, 0) is 0 Å². The maximum Gasteiger partial charge on any atom is 0.0264 e. The van der Waals surface area contributed by atoms with Gasteiger partial charge in [0.25, 0.3) is 0 Å². The average molecular weight is 244 g/mol. The predicted molar refractivity (Wildman–Crippen MR) is 75.6 cm³/mol. The minimum Gasteiger partial charge on any atom is -0.258 e. The Kier molecular flexibility index (Phi) is 9.74. The molecule has 4 nitrogen and oxygen atoms in total. The molecule has 0 saturated carbocycles. The van der Waals surface area contributed by atoms with Crippen molar-refractivity contribution >= 4 is 0 Å². The molecule has 0 aliphatic heterocycles. The van der Waals surface area contributed by atoms with E-state index in [4.69, 9.17) is 0 Å². The van der Waals surface area contributed by atoms with Crippen LogP contribution in [0, 0.1) is 0 Å². The van der Waals surface area contributed by atoms with E-state index in [9.17, 15) is 0 Å². The SMILES string of the molecule is CCNNC(C)CCCCNNC(C)(C)CC. The maximum absolute atomic E-state index is 3.35. The number of nitrogens with one attached hydrogen (secondary N) is 4. The van der Waals surface area contributed by atoms with E-state index in [0.29, 0.717) is 6.04 Å². The van der Waals surface area contributed by atoms with Crippen LogP contribution in [0.25, 0.3) is 0 Å². The van der Waals surface area contributed by atoms with Gasteiger partial charge in [0.05, 0.1) is 0 Å². The van der Waals surface area contributed by atoms with Gasteiger partial charge >= 0.3 is 0 Å². The van der Waals surface area contributed by atoms with Crippen molar-refractivity contribution in [2.24, 2.45) is 0 Å². The molecule has 4 heteroatoms. The summed E-state index contributed by atoms with van der Waals surface area (Å²) < 4.78 is 0. The molecule has 0 radical (unpaired) electrons. The molecule has 0 aliphatic carbocycles. The highest BCUT2D eigenvalue weighted by molar-refractivity contribution is 4.72. The molecule has 1 atom stereocenters. The molecule has 0 fully saturated rings. The van der Waals surface area contributed by atoms with Gasteiger partial charge in [-0.15, -0.1) is 0 Å². The standard InChI is InChI=1S/C13H32N4/c1-6-13(4,5)17-15-11-9-8-10-12(3)16-14-7-2/h12,14-17H,6-11H2,1-5H3. The maximum atomic E-state index is 3.35. The molecule has 104 valence electrons. The lowest BCUT2D eigenvalue weighted by atomic mass is 10.0. The first-order valence-electron chi connectivity index (χ1n) is 7.00. The normalized spacial score (nSPS) is 13.9. The highest BCUT2D eigenvalue weighted by Crippen LogP contribution is 2.04. The molecule has 0 aromatic rings. The largest absolute Gasteiger partial charge is 0.258 e. The number of hydrogen-bond donors (Lipinski definition) is 4. The van der Waals surface area contributed by atoms with E-state index >= 15 is 0 Å². The molecule has 0 amide bonds. The molecule has 0 aromatic carbocycles. The number of rotatable bonds is 11. The van der Waals surface area contributed by atoms with Gasteiger partial charge in [0, 0.05) is 24.7 Å². The smallest absolute Gasteiger partial charge is 0.0264 e. The van der Waals surface area contributed by atoms with Crippen molar-refractivity contribution in [1.29, 1.82) is 0 Å². The lowest BCUT2D eigenvalue weighted by molar-refractivity contribution is 0.316. The quantitative estimate of drug-likeness (QED) is 0.331. The molecule has 0 saturated heterocycles. The lowest BCUT2D eigenvalue weighted by Gasteiger charge is -2.25. The second-order valence-electron chi connectivity index (χ2n) is 5.36. The Bertz CT molecular complexity index is 171. The zero-order valence-corrected chi connectivity index (χ0v) is 12.3. The Morgan fingerprint density at radius 1 is 1.06 bits per heavy atom. The van der Waals surface area contributed by atoms with Gasteiger partial charge in [0.15, 0.2) is 0 Å². The summed E-state index contributed by atoms with van der Waals surface area (Å²) in [5, 5.41) is 0. The van der Waals surface area contributed by atoms with Crippen LogP contribution >= 0.6 is 0 Å². The summed E-state index contributed by atoms with van der Waals surface area (Å²) in [4.78, 5) is 0. The molecule has 17 heavy (non-hydrogen) atoms. The van der Waals surface area contributed by atoms with Crippen molar-refractivity contribution in [1.82, 2.24) is 21.7 Å². The van der Waals surface area contributed by atoms with Crippen molar-refractivity contribution in [2.75, 3.05) is 13.1 Å². The van der Waals surface area contributed by atoms with Crippen LogP contribution in [0.15, 0.2) is 0 Å². The monoisotopic (exact) mass is 244 g/mol. The molecular formula is C13H32N4. The third kappa shape index (κ3) is 10.7. The molecule has 0 spiro atoms. The van der Waals surface area contributed by atoms with Gasteiger partial charge in [-0.2, -0.15) is 0 Å². The van der Waals surface area contributed by atoms with Crippen LogP contribution in [0.3, 0.4) is 0 Å². The summed E-state index contributed by atoms with van der Waals surface area (Å²) in [6.07, 6.45) is 4.81. The molecule has 0 aliphatic rings. The Labute approximate surface area is 107 Å². The van der Waals surface area contributed by atoms with Crippen LogP contribution in [0.4, 0.5) is 0 Å². The first-order chi connectivity index (χ1) is 8.02. The van der Waals surface area contributed by atoms with Gasteiger partial charge in [0.2, 0.25) is 0 Å². The fraction of sp³-hybridized carbons (Fsp3) is 1.00. The summed E-state index contributed by atoms with van der Waals surface area (Å²) in [6, 6.07) is 0.551. The van der Waals surface area contributed by atoms with E-state index in [2.05, 4.69) is 56.3 Å². The third-order valence-corrected chi connectivity index (χ3v) is 3.02. The van der Waals surface area contributed by atoms with Crippen LogP contribution in [-0.4, -0.2) is 24.7 Å². The third-order valence-electron chi connectivity index (χ3n) is 3.02. The van der Waals surface area contributed by atoms with Crippen molar-refractivity contribution in [3.8, 4) is 0 Å². The van der Waals surface area contributed by atoms with Crippen molar-refractivity contribution in [3.05, 3.63) is 0 Å². The fourth-order valence-electron chi connectivity index (χ4n) is 1.40. The van der Waals surface area contributed by atoms with Gasteiger partial charge in [-0.1, -0.05) is 20.3 Å². The summed E-state index contributed by atoms with van der Waals surface area (Å²) in [5.74, 6) is 0. The highest BCUT2D eigenvalue weighted by Gasteiger charge is 2.12. The molecule has 4 N–H and O–H groups in total. The van der Waals surface area contributed by atoms with Crippen molar-refractivity contribution < 1.29 is 0 Å². The van der Waals surface area contributed by atoms with Crippen molar-refractivity contribution in [3.63, 3.8) is 0 Å². The van der Waals surface area contributed by atoms with Crippen LogP contribution in [0.1, 0.15) is 60.3 Å². The summed E-state index contributed by atoms with van der Waals surface area (Å²) in [5.41, 5.74) is 13.3. The second kappa shape index (κ2) is 9.83. The minimum absolute atomic E-state index is 0.194. The summed E-state index contributed by atoms with van der Waals surface area (Å²) in [6.45, 7) is 13.0. The molecule has 0 heterocycles. The molecule has 0 rings (SSSR count). The van der Waals surface area contributed by atoms with Gasteiger partial charge in [0.1, 0.15) is 0 Å².